The van der Waals surface area contributed by atoms with Crippen molar-refractivity contribution >= 4 is 13.5 Å². The van der Waals surface area contributed by atoms with Gasteiger partial charge in [-0.05, 0) is 26.7 Å². The van der Waals surface area contributed by atoms with Crippen molar-refractivity contribution in [1.29, 1.82) is 0 Å². The summed E-state index contributed by atoms with van der Waals surface area (Å²) in [5, 5.41) is 2.80. The molecule has 0 radical (unpaired) electrons. The van der Waals surface area contributed by atoms with Crippen LogP contribution in [0.25, 0.3) is 0 Å². The summed E-state index contributed by atoms with van der Waals surface area (Å²) in [6.07, 6.45) is 1.37. The highest BCUT2D eigenvalue weighted by atomic mass is 31.2. The minimum Gasteiger partial charge on any atom is -0.353 e. The van der Waals surface area contributed by atoms with Crippen molar-refractivity contribution in [2.24, 2.45) is 0 Å². The second-order valence-electron chi connectivity index (χ2n) is 3.74. The molecule has 0 aliphatic carbocycles. The van der Waals surface area contributed by atoms with Crippen LogP contribution in [-0.2, 0) is 18.4 Å². The van der Waals surface area contributed by atoms with Crippen LogP contribution in [0.5, 0.6) is 0 Å². The Labute approximate surface area is 96.4 Å². The molecule has 1 fully saturated rings. The van der Waals surface area contributed by atoms with Crippen LogP contribution in [0.15, 0.2) is 0 Å². The van der Waals surface area contributed by atoms with Crippen LogP contribution in [0.3, 0.4) is 0 Å². The van der Waals surface area contributed by atoms with Gasteiger partial charge in [0, 0.05) is 6.04 Å². The molecule has 1 aliphatic rings. The highest BCUT2D eigenvalue weighted by molar-refractivity contribution is 7.55. The summed E-state index contributed by atoms with van der Waals surface area (Å²) in [5.41, 5.74) is -0.641. The molecule has 94 valence electrons. The zero-order valence-electron chi connectivity index (χ0n) is 10.1. The monoisotopic (exact) mass is 249 g/mol. The second kappa shape index (κ2) is 5.80. The minimum absolute atomic E-state index is 0.0896. The van der Waals surface area contributed by atoms with Gasteiger partial charge in [-0.2, -0.15) is 0 Å². The maximum Gasteiger partial charge on any atom is 0.343 e. The summed E-state index contributed by atoms with van der Waals surface area (Å²) < 4.78 is 22.8. The van der Waals surface area contributed by atoms with Gasteiger partial charge in [0.2, 0.25) is 5.91 Å². The van der Waals surface area contributed by atoms with E-state index in [1.165, 1.54) is 0 Å². The molecule has 1 heterocycles. The van der Waals surface area contributed by atoms with Crippen molar-refractivity contribution in [3.05, 3.63) is 0 Å². The van der Waals surface area contributed by atoms with E-state index in [4.69, 9.17) is 9.05 Å². The lowest BCUT2D eigenvalue weighted by Crippen LogP contribution is -2.27. The Balaban J connectivity index is 2.79. The first-order valence-electron chi connectivity index (χ1n) is 5.76. The Kier molecular flexibility index (Phi) is 4.96. The van der Waals surface area contributed by atoms with Crippen LogP contribution in [0, 0.1) is 0 Å². The highest BCUT2D eigenvalue weighted by Crippen LogP contribution is 2.55. The lowest BCUT2D eigenvalue weighted by atomic mass is 10.2. The molecule has 1 N–H and O–H groups in total. The van der Waals surface area contributed by atoms with E-state index in [0.29, 0.717) is 6.42 Å². The molecule has 2 unspecified atom stereocenters. The van der Waals surface area contributed by atoms with Crippen molar-refractivity contribution in [2.45, 2.75) is 45.3 Å². The molecular formula is C10H20NO4P. The molecule has 2 atom stereocenters. The Morgan fingerprint density at radius 2 is 1.88 bits per heavy atom. The molecule has 0 aromatic rings. The predicted octanol–water partition coefficient (Wildman–Crippen LogP) is 1.92. The van der Waals surface area contributed by atoms with E-state index in [2.05, 4.69) is 5.32 Å². The molecular weight excluding hydrogens is 229 g/mol. The molecule has 1 aliphatic heterocycles. The first kappa shape index (κ1) is 13.7. The van der Waals surface area contributed by atoms with Gasteiger partial charge in [0.15, 0.2) is 0 Å². The van der Waals surface area contributed by atoms with Gasteiger partial charge in [-0.25, -0.2) is 0 Å². The molecule has 0 saturated carbocycles. The fourth-order valence-electron chi connectivity index (χ4n) is 1.85. The van der Waals surface area contributed by atoms with Gasteiger partial charge >= 0.3 is 7.60 Å². The van der Waals surface area contributed by atoms with Gasteiger partial charge in [0.25, 0.3) is 0 Å². The zero-order chi connectivity index (χ0) is 12.2. The van der Waals surface area contributed by atoms with E-state index >= 15 is 0 Å². The summed E-state index contributed by atoms with van der Waals surface area (Å²) in [7, 11) is -3.29. The quantitative estimate of drug-likeness (QED) is 0.730. The van der Waals surface area contributed by atoms with E-state index in [-0.39, 0.29) is 25.2 Å². The van der Waals surface area contributed by atoms with Gasteiger partial charge in [-0.3, -0.25) is 9.36 Å². The lowest BCUT2D eigenvalue weighted by Gasteiger charge is -2.20. The van der Waals surface area contributed by atoms with Crippen molar-refractivity contribution in [1.82, 2.24) is 5.32 Å². The smallest absolute Gasteiger partial charge is 0.343 e. The van der Waals surface area contributed by atoms with E-state index in [0.717, 1.165) is 6.42 Å². The number of hydrogen-bond acceptors (Lipinski definition) is 4. The Morgan fingerprint density at radius 3 is 2.25 bits per heavy atom. The van der Waals surface area contributed by atoms with Crippen molar-refractivity contribution in [3.63, 3.8) is 0 Å². The number of hydrogen-bond donors (Lipinski definition) is 1. The predicted molar refractivity (Wildman–Crippen MR) is 61.5 cm³/mol. The van der Waals surface area contributed by atoms with Crippen LogP contribution < -0.4 is 5.32 Å². The minimum atomic E-state index is -3.29. The van der Waals surface area contributed by atoms with Crippen LogP contribution >= 0.6 is 7.60 Å². The summed E-state index contributed by atoms with van der Waals surface area (Å²) >= 11 is 0. The fourth-order valence-corrected chi connectivity index (χ4v) is 3.88. The summed E-state index contributed by atoms with van der Waals surface area (Å²) in [5.74, 6) is -0.211. The number of rotatable bonds is 6. The third-order valence-electron chi connectivity index (χ3n) is 2.65. The fraction of sp³-hybridized carbons (Fsp3) is 0.900. The third kappa shape index (κ3) is 2.84. The van der Waals surface area contributed by atoms with Crippen LogP contribution in [0.1, 0.15) is 33.6 Å². The molecule has 1 saturated heterocycles. The standard InChI is InChI=1S/C10H20NO4P/c1-4-8-7-9(10(12)11-8)16(13,14-5-2)15-6-3/h8-9H,4-7H2,1-3H3,(H,11,12). The van der Waals surface area contributed by atoms with E-state index < -0.39 is 13.3 Å². The Hall–Kier alpha value is -0.380. The number of amides is 1. The van der Waals surface area contributed by atoms with Gasteiger partial charge in [-0.15, -0.1) is 0 Å². The van der Waals surface area contributed by atoms with Crippen LogP contribution in [0.4, 0.5) is 0 Å². The molecule has 1 amide bonds. The molecule has 0 bridgehead atoms. The van der Waals surface area contributed by atoms with E-state index in [1.807, 2.05) is 6.92 Å². The molecule has 0 spiro atoms. The molecule has 6 heteroatoms. The summed E-state index contributed by atoms with van der Waals surface area (Å²) in [4.78, 5) is 11.7. The topological polar surface area (TPSA) is 64.6 Å². The van der Waals surface area contributed by atoms with Gasteiger partial charge in [0.05, 0.1) is 13.2 Å². The van der Waals surface area contributed by atoms with Gasteiger partial charge in [0.1, 0.15) is 5.66 Å². The van der Waals surface area contributed by atoms with Gasteiger partial charge in [-0.1, -0.05) is 6.92 Å². The summed E-state index contributed by atoms with van der Waals surface area (Å²) in [6.45, 7) is 6.06. The average Bonchev–Trinajstić information content (AvgIpc) is 2.61. The molecule has 5 nitrogen and oxygen atoms in total. The molecule has 16 heavy (non-hydrogen) atoms. The van der Waals surface area contributed by atoms with Crippen molar-refractivity contribution < 1.29 is 18.4 Å². The first-order valence-corrected chi connectivity index (χ1v) is 7.37. The lowest BCUT2D eigenvalue weighted by molar-refractivity contribution is -0.119. The maximum absolute atomic E-state index is 12.4. The Morgan fingerprint density at radius 1 is 1.31 bits per heavy atom. The molecule has 0 aromatic heterocycles. The van der Waals surface area contributed by atoms with E-state index in [9.17, 15) is 9.36 Å². The number of carbonyl (C=O) groups is 1. The van der Waals surface area contributed by atoms with Gasteiger partial charge < -0.3 is 14.4 Å². The van der Waals surface area contributed by atoms with Crippen LogP contribution in [-0.4, -0.2) is 30.8 Å². The largest absolute Gasteiger partial charge is 0.353 e. The second-order valence-corrected chi connectivity index (χ2v) is 5.96. The third-order valence-corrected chi connectivity index (χ3v) is 5.09. The highest BCUT2D eigenvalue weighted by Gasteiger charge is 2.46. The first-order chi connectivity index (χ1) is 7.57. The van der Waals surface area contributed by atoms with E-state index in [1.54, 1.807) is 13.8 Å². The number of nitrogens with one attached hydrogen (secondary N) is 1. The average molecular weight is 249 g/mol. The van der Waals surface area contributed by atoms with Crippen molar-refractivity contribution in [2.75, 3.05) is 13.2 Å². The molecule has 1 rings (SSSR count). The zero-order valence-corrected chi connectivity index (χ0v) is 11.0. The molecule has 0 aromatic carbocycles. The Bertz CT molecular complexity index is 285. The maximum atomic E-state index is 12.4. The SMILES string of the molecule is CCOP(=O)(OCC)C1CC(CC)NC1=O. The van der Waals surface area contributed by atoms with Crippen molar-refractivity contribution in [3.8, 4) is 0 Å². The summed E-state index contributed by atoms with van der Waals surface area (Å²) in [6, 6.07) is 0.0896. The number of carbonyl (C=O) groups excluding carboxylic acids is 1. The normalized spacial score (nSPS) is 25.8. The van der Waals surface area contributed by atoms with Crippen LogP contribution in [0.2, 0.25) is 0 Å².